The first-order valence-electron chi connectivity index (χ1n) is 8.75. The van der Waals surface area contributed by atoms with E-state index in [2.05, 4.69) is 46.0 Å². The van der Waals surface area contributed by atoms with E-state index in [-0.39, 0.29) is 0 Å². The summed E-state index contributed by atoms with van der Waals surface area (Å²) in [4.78, 5) is 11.3. The topological polar surface area (TPSA) is 70.2 Å². The average molecular weight is 338 g/mol. The van der Waals surface area contributed by atoms with E-state index in [1.165, 1.54) is 44.1 Å². The van der Waals surface area contributed by atoms with Gasteiger partial charge >= 0.3 is 0 Å². The van der Waals surface area contributed by atoms with Gasteiger partial charge in [-0.25, -0.2) is 0 Å². The van der Waals surface area contributed by atoms with Gasteiger partial charge in [0.2, 0.25) is 0 Å². The smallest absolute Gasteiger partial charge is 0.292 e. The number of aromatic nitrogens is 2. The Balaban J connectivity index is 0.000000648. The molecule has 1 aromatic heterocycles. The lowest BCUT2D eigenvalue weighted by Gasteiger charge is -2.34. The van der Waals surface area contributed by atoms with Gasteiger partial charge in [0.05, 0.1) is 13.3 Å². The molecule has 0 spiro atoms. The third kappa shape index (κ3) is 7.01. The van der Waals surface area contributed by atoms with E-state index in [0.717, 1.165) is 19.6 Å². The van der Waals surface area contributed by atoms with Gasteiger partial charge in [0, 0.05) is 36.8 Å². The Morgan fingerprint density at radius 1 is 1.46 bits per heavy atom. The normalized spacial score (nSPS) is 17.2. The SMILES string of the molecule is CNCCN(C)Cc1cn[nH]c1C1CCC(C)(C)CC1.COC=O. The molecule has 2 rings (SSSR count). The Labute approximate surface area is 146 Å². The number of H-pyrrole nitrogens is 1. The van der Waals surface area contributed by atoms with Crippen LogP contribution >= 0.6 is 0 Å². The summed E-state index contributed by atoms with van der Waals surface area (Å²) in [5, 5.41) is 10.8. The fraction of sp³-hybridized carbons (Fsp3) is 0.778. The first-order valence-corrected chi connectivity index (χ1v) is 8.75. The molecule has 24 heavy (non-hydrogen) atoms. The maximum atomic E-state index is 8.95. The van der Waals surface area contributed by atoms with Crippen molar-refractivity contribution in [3.05, 3.63) is 17.5 Å². The molecule has 138 valence electrons. The molecule has 6 heteroatoms. The molecule has 1 saturated carbocycles. The minimum atomic E-state index is 0.375. The molecule has 0 saturated heterocycles. The van der Waals surface area contributed by atoms with Crippen molar-refractivity contribution in [2.45, 2.75) is 52.0 Å². The maximum absolute atomic E-state index is 8.95. The summed E-state index contributed by atoms with van der Waals surface area (Å²) in [6, 6.07) is 0. The molecular weight excluding hydrogens is 304 g/mol. The number of hydrogen-bond acceptors (Lipinski definition) is 5. The van der Waals surface area contributed by atoms with Crippen LogP contribution in [0.3, 0.4) is 0 Å². The Bertz CT molecular complexity index is 463. The van der Waals surface area contributed by atoms with E-state index in [4.69, 9.17) is 4.79 Å². The van der Waals surface area contributed by atoms with Crippen LogP contribution in [0.5, 0.6) is 0 Å². The number of hydrogen-bond donors (Lipinski definition) is 2. The number of carbonyl (C=O) groups excluding carboxylic acids is 1. The van der Waals surface area contributed by atoms with Crippen LogP contribution in [0.25, 0.3) is 0 Å². The van der Waals surface area contributed by atoms with Gasteiger partial charge in [-0.2, -0.15) is 5.10 Å². The van der Waals surface area contributed by atoms with Crippen molar-refractivity contribution in [3.63, 3.8) is 0 Å². The van der Waals surface area contributed by atoms with Gasteiger partial charge in [-0.05, 0) is 45.2 Å². The average Bonchev–Trinajstić information content (AvgIpc) is 3.01. The van der Waals surface area contributed by atoms with Gasteiger partial charge < -0.3 is 15.0 Å². The Hall–Kier alpha value is -1.40. The van der Waals surface area contributed by atoms with Gasteiger partial charge in [0.25, 0.3) is 6.47 Å². The first kappa shape index (κ1) is 20.6. The molecule has 0 unspecified atom stereocenters. The van der Waals surface area contributed by atoms with Crippen molar-refractivity contribution >= 4 is 6.47 Å². The van der Waals surface area contributed by atoms with Crippen molar-refractivity contribution < 1.29 is 9.53 Å². The molecule has 1 heterocycles. The van der Waals surface area contributed by atoms with Crippen LogP contribution in [0.15, 0.2) is 6.20 Å². The minimum absolute atomic E-state index is 0.375. The summed E-state index contributed by atoms with van der Waals surface area (Å²) in [5.41, 5.74) is 3.30. The molecule has 0 aromatic carbocycles. The second kappa shape index (κ2) is 10.5. The van der Waals surface area contributed by atoms with Crippen LogP contribution < -0.4 is 5.32 Å². The molecule has 0 radical (unpaired) electrons. The summed E-state index contributed by atoms with van der Waals surface area (Å²) in [6.07, 6.45) is 7.26. The molecule has 6 nitrogen and oxygen atoms in total. The third-order valence-corrected chi connectivity index (χ3v) is 4.78. The van der Waals surface area contributed by atoms with Crippen LogP contribution in [-0.2, 0) is 16.1 Å². The van der Waals surface area contributed by atoms with E-state index in [0.29, 0.717) is 17.8 Å². The van der Waals surface area contributed by atoms with Crippen LogP contribution in [0.2, 0.25) is 0 Å². The van der Waals surface area contributed by atoms with Gasteiger partial charge in [-0.3, -0.25) is 9.89 Å². The summed E-state index contributed by atoms with van der Waals surface area (Å²) < 4.78 is 3.86. The fourth-order valence-electron chi connectivity index (χ4n) is 3.16. The quantitative estimate of drug-likeness (QED) is 0.748. The predicted octanol–water partition coefficient (Wildman–Crippen LogP) is 2.53. The number of likely N-dealkylation sites (N-methyl/N-ethyl adjacent to an activating group) is 2. The highest BCUT2D eigenvalue weighted by Gasteiger charge is 2.29. The van der Waals surface area contributed by atoms with Crippen LogP contribution in [-0.4, -0.2) is 55.9 Å². The predicted molar refractivity (Wildman–Crippen MR) is 96.9 cm³/mol. The molecule has 0 atom stereocenters. The van der Waals surface area contributed by atoms with E-state index >= 15 is 0 Å². The zero-order valence-corrected chi connectivity index (χ0v) is 15.9. The van der Waals surface area contributed by atoms with Crippen LogP contribution in [0, 0.1) is 5.41 Å². The Morgan fingerprint density at radius 3 is 2.62 bits per heavy atom. The number of carbonyl (C=O) groups is 1. The number of ether oxygens (including phenoxy) is 1. The summed E-state index contributed by atoms with van der Waals surface area (Å²) >= 11 is 0. The third-order valence-electron chi connectivity index (χ3n) is 4.78. The van der Waals surface area contributed by atoms with Crippen molar-refractivity contribution in [2.75, 3.05) is 34.3 Å². The molecule has 0 amide bonds. The van der Waals surface area contributed by atoms with Crippen molar-refractivity contribution in [3.8, 4) is 0 Å². The van der Waals surface area contributed by atoms with E-state index in [9.17, 15) is 0 Å². The van der Waals surface area contributed by atoms with Crippen molar-refractivity contribution in [1.29, 1.82) is 0 Å². The molecule has 1 fully saturated rings. The summed E-state index contributed by atoms with van der Waals surface area (Å²) in [7, 11) is 5.49. The highest BCUT2D eigenvalue weighted by Crippen LogP contribution is 2.42. The Morgan fingerprint density at radius 2 is 2.08 bits per heavy atom. The molecule has 0 aliphatic heterocycles. The number of aromatic amines is 1. The van der Waals surface area contributed by atoms with Crippen molar-refractivity contribution in [1.82, 2.24) is 20.4 Å². The summed E-state index contributed by atoms with van der Waals surface area (Å²) in [6.45, 7) is 8.25. The molecule has 1 aliphatic rings. The standard InChI is InChI=1S/C16H30N4.C2H4O2/c1-16(2)7-5-13(6-8-16)15-14(11-18-19-15)12-20(4)10-9-17-3;1-4-2-3/h11,13,17H,5-10,12H2,1-4H3,(H,18,19);2H,1H3. The monoisotopic (exact) mass is 338 g/mol. The lowest BCUT2D eigenvalue weighted by molar-refractivity contribution is -0.126. The number of methoxy groups -OCH3 is 1. The van der Waals surface area contributed by atoms with Crippen LogP contribution in [0.4, 0.5) is 0 Å². The first-order chi connectivity index (χ1) is 11.4. The molecular formula is C18H34N4O2. The number of rotatable bonds is 7. The van der Waals surface area contributed by atoms with Crippen molar-refractivity contribution in [2.24, 2.45) is 5.41 Å². The highest BCUT2D eigenvalue weighted by molar-refractivity contribution is 5.36. The maximum Gasteiger partial charge on any atom is 0.292 e. The molecule has 0 bridgehead atoms. The van der Waals surface area contributed by atoms with Gasteiger partial charge in [0.15, 0.2) is 0 Å². The van der Waals surface area contributed by atoms with E-state index < -0.39 is 0 Å². The van der Waals surface area contributed by atoms with E-state index in [1.807, 2.05) is 13.2 Å². The van der Waals surface area contributed by atoms with Gasteiger partial charge in [-0.1, -0.05) is 13.8 Å². The highest BCUT2D eigenvalue weighted by atomic mass is 16.5. The van der Waals surface area contributed by atoms with Crippen LogP contribution in [0.1, 0.15) is 56.7 Å². The molecule has 1 aliphatic carbocycles. The second-order valence-corrected chi connectivity index (χ2v) is 7.42. The summed E-state index contributed by atoms with van der Waals surface area (Å²) in [5.74, 6) is 0.679. The van der Waals surface area contributed by atoms with Gasteiger partial charge in [0.1, 0.15) is 0 Å². The lowest BCUT2D eigenvalue weighted by Crippen LogP contribution is -2.27. The lowest BCUT2D eigenvalue weighted by atomic mass is 9.72. The second-order valence-electron chi connectivity index (χ2n) is 7.42. The largest absolute Gasteiger partial charge is 0.471 e. The van der Waals surface area contributed by atoms with E-state index in [1.54, 1.807) is 0 Å². The van der Waals surface area contributed by atoms with Gasteiger partial charge in [-0.15, -0.1) is 0 Å². The Kier molecular flexibility index (Phi) is 9.00. The fourth-order valence-corrected chi connectivity index (χ4v) is 3.16. The zero-order valence-electron chi connectivity index (χ0n) is 15.9. The zero-order chi connectivity index (χ0) is 18.0. The molecule has 1 aromatic rings. The number of nitrogens with zero attached hydrogens (tertiary/aromatic N) is 2. The number of nitrogens with one attached hydrogen (secondary N) is 2. The minimum Gasteiger partial charge on any atom is -0.471 e. The molecule has 2 N–H and O–H groups in total.